The van der Waals surface area contributed by atoms with Gasteiger partial charge in [0.25, 0.3) is 0 Å². The predicted molar refractivity (Wildman–Crippen MR) is 76.2 cm³/mol. The molecule has 1 aromatic carbocycles. The minimum absolute atomic E-state index is 0.309. The molecule has 0 saturated carbocycles. The highest BCUT2D eigenvalue weighted by molar-refractivity contribution is 7.03. The van der Waals surface area contributed by atoms with Crippen LogP contribution in [-0.4, -0.2) is 9.59 Å². The Morgan fingerprint density at radius 2 is 2.15 bits per heavy atom. The summed E-state index contributed by atoms with van der Waals surface area (Å²) in [5, 5.41) is 6.65. The van der Waals surface area contributed by atoms with Crippen LogP contribution in [0.4, 0.5) is 0 Å². The van der Waals surface area contributed by atoms with E-state index in [2.05, 4.69) is 9.59 Å². The van der Waals surface area contributed by atoms with Gasteiger partial charge in [0.15, 0.2) is 0 Å². The smallest absolute Gasteiger partial charge is 0.339 e. The van der Waals surface area contributed by atoms with Crippen LogP contribution in [0.2, 0.25) is 0 Å². The Morgan fingerprint density at radius 1 is 1.30 bits per heavy atom. The van der Waals surface area contributed by atoms with Crippen LogP contribution in [0.15, 0.2) is 32.8 Å². The van der Waals surface area contributed by atoms with Crippen molar-refractivity contribution in [1.29, 1.82) is 0 Å². The van der Waals surface area contributed by atoms with Crippen LogP contribution in [0.5, 0.6) is 5.75 Å². The van der Waals surface area contributed by atoms with E-state index < -0.39 is 0 Å². The summed E-state index contributed by atoms with van der Waals surface area (Å²) in [6.45, 7) is 4.02. The third-order valence-corrected chi connectivity index (χ3v) is 3.77. The molecule has 102 valence electrons. The first kappa shape index (κ1) is 12.8. The maximum absolute atomic E-state index is 11.7. The van der Waals surface area contributed by atoms with Gasteiger partial charge < -0.3 is 9.15 Å². The van der Waals surface area contributed by atoms with E-state index in [9.17, 15) is 4.79 Å². The SMILES string of the molecule is Cc1c(C)c2ccc(OCc3csnn3)cc2oc1=O. The molecule has 0 unspecified atom stereocenters. The second-order valence-corrected chi connectivity index (χ2v) is 5.09. The highest BCUT2D eigenvalue weighted by Gasteiger charge is 2.08. The van der Waals surface area contributed by atoms with Crippen molar-refractivity contribution in [2.75, 3.05) is 0 Å². The van der Waals surface area contributed by atoms with E-state index in [1.54, 1.807) is 13.0 Å². The van der Waals surface area contributed by atoms with Crippen molar-refractivity contribution in [3.63, 3.8) is 0 Å². The molecule has 0 fully saturated rings. The number of fused-ring (bicyclic) bond motifs is 1. The van der Waals surface area contributed by atoms with E-state index in [4.69, 9.17) is 9.15 Å². The minimum Gasteiger partial charge on any atom is -0.487 e. The van der Waals surface area contributed by atoms with Gasteiger partial charge in [-0.05, 0) is 43.1 Å². The zero-order chi connectivity index (χ0) is 14.1. The molecule has 0 spiro atoms. The fourth-order valence-corrected chi connectivity index (χ4v) is 2.36. The maximum Gasteiger partial charge on any atom is 0.339 e. The highest BCUT2D eigenvalue weighted by atomic mass is 32.1. The molecule has 0 saturated heterocycles. The number of rotatable bonds is 3. The normalized spacial score (nSPS) is 10.9. The molecule has 0 atom stereocenters. The van der Waals surface area contributed by atoms with Crippen LogP contribution >= 0.6 is 11.5 Å². The molecule has 0 aliphatic heterocycles. The van der Waals surface area contributed by atoms with E-state index in [1.165, 1.54) is 11.5 Å². The minimum atomic E-state index is -0.309. The standard InChI is InChI=1S/C14H12N2O3S/c1-8-9(2)14(17)19-13-5-11(3-4-12(8)13)18-6-10-7-20-16-15-10/h3-5,7H,6H2,1-2H3. The van der Waals surface area contributed by atoms with Crippen LogP contribution in [0.1, 0.15) is 16.8 Å². The van der Waals surface area contributed by atoms with Gasteiger partial charge in [0, 0.05) is 22.4 Å². The second-order valence-electron chi connectivity index (χ2n) is 4.48. The monoisotopic (exact) mass is 288 g/mol. The van der Waals surface area contributed by atoms with Gasteiger partial charge in [0.1, 0.15) is 23.6 Å². The van der Waals surface area contributed by atoms with Gasteiger partial charge in [-0.3, -0.25) is 0 Å². The summed E-state index contributed by atoms with van der Waals surface area (Å²) in [7, 11) is 0. The number of hydrogen-bond acceptors (Lipinski definition) is 6. The topological polar surface area (TPSA) is 65.2 Å². The number of nitrogens with zero attached hydrogens (tertiary/aromatic N) is 2. The van der Waals surface area contributed by atoms with E-state index in [0.29, 0.717) is 23.5 Å². The van der Waals surface area contributed by atoms with Crippen LogP contribution < -0.4 is 10.4 Å². The molecule has 0 bridgehead atoms. The Hall–Kier alpha value is -2.21. The fourth-order valence-electron chi connectivity index (χ4n) is 1.92. The largest absolute Gasteiger partial charge is 0.487 e. The lowest BCUT2D eigenvalue weighted by Crippen LogP contribution is -2.05. The molecular formula is C14H12N2O3S. The molecule has 20 heavy (non-hydrogen) atoms. The lowest BCUT2D eigenvalue weighted by Gasteiger charge is -2.07. The van der Waals surface area contributed by atoms with Gasteiger partial charge in [-0.25, -0.2) is 4.79 Å². The van der Waals surface area contributed by atoms with Gasteiger partial charge in [0.2, 0.25) is 0 Å². The van der Waals surface area contributed by atoms with Crippen LogP contribution in [-0.2, 0) is 6.61 Å². The van der Waals surface area contributed by atoms with Gasteiger partial charge in [-0.2, -0.15) is 0 Å². The Balaban J connectivity index is 1.94. The van der Waals surface area contributed by atoms with Crippen LogP contribution in [0.3, 0.4) is 0 Å². The molecule has 0 aliphatic carbocycles. The lowest BCUT2D eigenvalue weighted by atomic mass is 10.1. The molecule has 2 heterocycles. The number of aryl methyl sites for hydroxylation is 1. The first-order valence-corrected chi connectivity index (χ1v) is 6.91. The van der Waals surface area contributed by atoms with Crippen molar-refractivity contribution in [1.82, 2.24) is 9.59 Å². The molecular weight excluding hydrogens is 276 g/mol. The van der Waals surface area contributed by atoms with Crippen molar-refractivity contribution in [2.24, 2.45) is 0 Å². The Kier molecular flexibility index (Phi) is 3.23. The molecule has 3 aromatic rings. The summed E-state index contributed by atoms with van der Waals surface area (Å²) >= 11 is 1.28. The molecule has 3 rings (SSSR count). The molecule has 6 heteroatoms. The third kappa shape index (κ3) is 2.30. The van der Waals surface area contributed by atoms with Crippen molar-refractivity contribution in [2.45, 2.75) is 20.5 Å². The number of ether oxygens (including phenoxy) is 1. The van der Waals surface area contributed by atoms with Gasteiger partial charge in [0.05, 0.1) is 0 Å². The average molecular weight is 288 g/mol. The zero-order valence-corrected chi connectivity index (χ0v) is 11.9. The Bertz CT molecular complexity index is 809. The molecule has 0 amide bonds. The Morgan fingerprint density at radius 3 is 2.90 bits per heavy atom. The Labute approximate surface area is 119 Å². The fraction of sp³-hybridized carbons (Fsp3) is 0.214. The number of aromatic nitrogens is 2. The van der Waals surface area contributed by atoms with Crippen LogP contribution in [0, 0.1) is 13.8 Å². The van der Waals surface area contributed by atoms with Crippen molar-refractivity contribution >= 4 is 22.5 Å². The van der Waals surface area contributed by atoms with E-state index in [-0.39, 0.29) is 5.63 Å². The molecule has 5 nitrogen and oxygen atoms in total. The quantitative estimate of drug-likeness (QED) is 0.693. The van der Waals surface area contributed by atoms with E-state index in [1.807, 2.05) is 24.4 Å². The number of benzene rings is 1. The summed E-state index contributed by atoms with van der Waals surface area (Å²) in [5.74, 6) is 0.636. The predicted octanol–water partition coefficient (Wildman–Crippen LogP) is 2.84. The first-order chi connectivity index (χ1) is 9.65. The van der Waals surface area contributed by atoms with Crippen molar-refractivity contribution < 1.29 is 9.15 Å². The van der Waals surface area contributed by atoms with Gasteiger partial charge in [-0.15, -0.1) is 5.10 Å². The summed E-state index contributed by atoms with van der Waals surface area (Å²) in [4.78, 5) is 11.7. The second kappa shape index (κ2) is 5.05. The molecule has 0 aliphatic rings. The molecule has 0 radical (unpaired) electrons. The van der Waals surface area contributed by atoms with Crippen molar-refractivity contribution in [3.05, 3.63) is 50.8 Å². The summed E-state index contributed by atoms with van der Waals surface area (Å²) in [6, 6.07) is 5.48. The number of hydrogen-bond donors (Lipinski definition) is 0. The highest BCUT2D eigenvalue weighted by Crippen LogP contribution is 2.24. The van der Waals surface area contributed by atoms with Gasteiger partial charge >= 0.3 is 5.63 Å². The average Bonchev–Trinajstić information content (AvgIpc) is 2.96. The summed E-state index contributed by atoms with van der Waals surface area (Å²) in [5.41, 5.74) is 2.57. The maximum atomic E-state index is 11.7. The van der Waals surface area contributed by atoms with E-state index in [0.717, 1.165) is 16.6 Å². The molecule has 2 aromatic heterocycles. The first-order valence-electron chi connectivity index (χ1n) is 6.08. The van der Waals surface area contributed by atoms with Crippen LogP contribution in [0.25, 0.3) is 11.0 Å². The molecule has 0 N–H and O–H groups in total. The zero-order valence-electron chi connectivity index (χ0n) is 11.0. The van der Waals surface area contributed by atoms with Gasteiger partial charge in [-0.1, -0.05) is 4.49 Å². The summed E-state index contributed by atoms with van der Waals surface area (Å²) in [6.07, 6.45) is 0. The summed E-state index contributed by atoms with van der Waals surface area (Å²) < 4.78 is 14.7. The lowest BCUT2D eigenvalue weighted by molar-refractivity contribution is 0.301. The van der Waals surface area contributed by atoms with Crippen molar-refractivity contribution in [3.8, 4) is 5.75 Å². The van der Waals surface area contributed by atoms with E-state index >= 15 is 0 Å². The third-order valence-electron chi connectivity index (χ3n) is 3.22.